The highest BCUT2D eigenvalue weighted by Crippen LogP contribution is 2.40. The molecule has 0 radical (unpaired) electrons. The summed E-state index contributed by atoms with van der Waals surface area (Å²) >= 11 is 6.55. The van der Waals surface area contributed by atoms with Crippen LogP contribution in [0.15, 0.2) is 42.5 Å². The molecule has 1 aliphatic carbocycles. The predicted octanol–water partition coefficient (Wildman–Crippen LogP) is 6.25. The lowest BCUT2D eigenvalue weighted by Crippen LogP contribution is -2.21. The smallest absolute Gasteiger partial charge is 0.248 e. The Balaban J connectivity index is 1.66. The molecular formula is C23H28ClNO. The highest BCUT2D eigenvalue weighted by atomic mass is 35.5. The molecule has 0 aromatic heterocycles. The van der Waals surface area contributed by atoms with E-state index in [1.54, 1.807) is 6.07 Å². The third-order valence-corrected chi connectivity index (χ3v) is 6.17. The lowest BCUT2D eigenvalue weighted by Gasteiger charge is -2.34. The van der Waals surface area contributed by atoms with E-state index in [0.29, 0.717) is 11.0 Å². The van der Waals surface area contributed by atoms with Crippen molar-refractivity contribution in [2.75, 3.05) is 0 Å². The number of hydrogen-bond acceptors (Lipinski definition) is 1. The Bertz CT molecular complexity index is 787. The Morgan fingerprint density at radius 1 is 1.12 bits per heavy atom. The van der Waals surface area contributed by atoms with Crippen LogP contribution in [0, 0.1) is 11.3 Å². The maximum atomic E-state index is 11.4. The molecule has 3 heteroatoms. The summed E-state index contributed by atoms with van der Waals surface area (Å²) in [5.74, 6) is 0.413. The van der Waals surface area contributed by atoms with E-state index >= 15 is 0 Å². The second-order valence-electron chi connectivity index (χ2n) is 8.40. The van der Waals surface area contributed by atoms with Gasteiger partial charge in [0.05, 0.1) is 0 Å². The fraction of sp³-hybridized carbons (Fsp3) is 0.435. The lowest BCUT2D eigenvalue weighted by atomic mass is 9.72. The van der Waals surface area contributed by atoms with Crippen molar-refractivity contribution in [3.05, 3.63) is 58.6 Å². The topological polar surface area (TPSA) is 43.1 Å². The number of benzene rings is 2. The average Bonchev–Trinajstić information content (AvgIpc) is 2.61. The fourth-order valence-electron chi connectivity index (χ4n) is 3.89. The Morgan fingerprint density at radius 2 is 1.81 bits per heavy atom. The van der Waals surface area contributed by atoms with Gasteiger partial charge in [-0.3, -0.25) is 4.79 Å². The molecule has 0 unspecified atom stereocenters. The Hall–Kier alpha value is -1.80. The summed E-state index contributed by atoms with van der Waals surface area (Å²) in [5.41, 5.74) is 9.61. The summed E-state index contributed by atoms with van der Waals surface area (Å²) < 4.78 is 0. The molecule has 1 aliphatic rings. The van der Waals surface area contributed by atoms with Gasteiger partial charge in [-0.15, -0.1) is 0 Å². The first-order valence-electron chi connectivity index (χ1n) is 9.53. The quantitative estimate of drug-likeness (QED) is 0.664. The highest BCUT2D eigenvalue weighted by molar-refractivity contribution is 6.31. The van der Waals surface area contributed by atoms with Crippen LogP contribution in [0.4, 0.5) is 0 Å². The molecule has 2 aromatic carbocycles. The highest BCUT2D eigenvalue weighted by Gasteiger charge is 2.26. The van der Waals surface area contributed by atoms with E-state index in [4.69, 9.17) is 17.3 Å². The second kappa shape index (κ2) is 7.84. The number of aryl methyl sites for hydroxylation is 1. The lowest BCUT2D eigenvalue weighted by molar-refractivity contribution is 0.100. The summed E-state index contributed by atoms with van der Waals surface area (Å²) in [6.07, 6.45) is 7.59. The van der Waals surface area contributed by atoms with Crippen LogP contribution in [0.1, 0.15) is 61.9 Å². The minimum Gasteiger partial charge on any atom is -0.366 e. The number of hydrogen-bond donors (Lipinski definition) is 1. The molecule has 0 aliphatic heterocycles. The van der Waals surface area contributed by atoms with Crippen LogP contribution in [0.3, 0.4) is 0 Å². The average molecular weight is 370 g/mol. The van der Waals surface area contributed by atoms with Gasteiger partial charge in [0.1, 0.15) is 0 Å². The third kappa shape index (κ3) is 4.67. The van der Waals surface area contributed by atoms with Crippen molar-refractivity contribution in [2.24, 2.45) is 17.1 Å². The molecule has 2 N–H and O–H groups in total. The molecule has 1 saturated carbocycles. The normalized spacial score (nSPS) is 17.2. The van der Waals surface area contributed by atoms with Gasteiger partial charge in [-0.25, -0.2) is 0 Å². The molecule has 2 nitrogen and oxygen atoms in total. The molecule has 0 heterocycles. The first-order chi connectivity index (χ1) is 12.3. The molecule has 1 amide bonds. The zero-order valence-electron chi connectivity index (χ0n) is 15.7. The van der Waals surface area contributed by atoms with Gasteiger partial charge in [0.25, 0.3) is 0 Å². The number of amides is 1. The van der Waals surface area contributed by atoms with Crippen molar-refractivity contribution in [3.8, 4) is 11.1 Å². The molecule has 26 heavy (non-hydrogen) atoms. The summed E-state index contributed by atoms with van der Waals surface area (Å²) in [6.45, 7) is 4.76. The van der Waals surface area contributed by atoms with Crippen molar-refractivity contribution >= 4 is 17.5 Å². The molecule has 3 rings (SSSR count). The molecule has 1 fully saturated rings. The van der Waals surface area contributed by atoms with E-state index in [-0.39, 0.29) is 0 Å². The summed E-state index contributed by atoms with van der Waals surface area (Å²) in [6, 6.07) is 13.6. The Labute approximate surface area is 161 Å². The largest absolute Gasteiger partial charge is 0.366 e. The van der Waals surface area contributed by atoms with Crippen LogP contribution in [0.25, 0.3) is 11.1 Å². The molecule has 0 spiro atoms. The van der Waals surface area contributed by atoms with Gasteiger partial charge < -0.3 is 5.73 Å². The van der Waals surface area contributed by atoms with E-state index in [1.165, 1.54) is 37.7 Å². The van der Waals surface area contributed by atoms with E-state index in [9.17, 15) is 4.79 Å². The van der Waals surface area contributed by atoms with E-state index < -0.39 is 5.91 Å². The Kier molecular flexibility index (Phi) is 5.72. The zero-order chi connectivity index (χ0) is 18.7. The minimum absolute atomic E-state index is 0.412. The molecule has 2 aromatic rings. The van der Waals surface area contributed by atoms with Crippen molar-refractivity contribution in [1.29, 1.82) is 0 Å². The molecule has 138 valence electrons. The maximum Gasteiger partial charge on any atom is 0.248 e. The fourth-order valence-corrected chi connectivity index (χ4v) is 4.16. The third-order valence-electron chi connectivity index (χ3n) is 5.81. The summed E-state index contributed by atoms with van der Waals surface area (Å²) in [5, 5.41) is 0.808. The van der Waals surface area contributed by atoms with Gasteiger partial charge in [0.2, 0.25) is 5.91 Å². The van der Waals surface area contributed by atoms with Gasteiger partial charge >= 0.3 is 0 Å². The molecule has 0 atom stereocenters. The van der Waals surface area contributed by atoms with Crippen LogP contribution < -0.4 is 5.73 Å². The van der Waals surface area contributed by atoms with Crippen LogP contribution >= 0.6 is 11.6 Å². The van der Waals surface area contributed by atoms with Gasteiger partial charge in [0, 0.05) is 10.6 Å². The van der Waals surface area contributed by atoms with Crippen molar-refractivity contribution < 1.29 is 4.79 Å². The van der Waals surface area contributed by atoms with E-state index in [0.717, 1.165) is 28.5 Å². The van der Waals surface area contributed by atoms with Gasteiger partial charge in [-0.05, 0) is 84.7 Å². The first kappa shape index (κ1) is 19.0. The summed E-state index contributed by atoms with van der Waals surface area (Å²) in [7, 11) is 0. The van der Waals surface area contributed by atoms with Gasteiger partial charge in [0.15, 0.2) is 0 Å². The standard InChI is InChI=1S/C23H28ClNO/c1-23(2)12-10-16(11-13-23)6-7-17-8-9-19(15-21(17)24)18-4-3-5-20(14-18)22(25)26/h3-5,8-9,14-16H,6-7,10-13H2,1-2H3,(H2,25,26). The predicted molar refractivity (Wildman–Crippen MR) is 109 cm³/mol. The van der Waals surface area contributed by atoms with Crippen LogP contribution in [-0.4, -0.2) is 5.91 Å². The van der Waals surface area contributed by atoms with Crippen molar-refractivity contribution in [2.45, 2.75) is 52.4 Å². The van der Waals surface area contributed by atoms with E-state index in [2.05, 4.69) is 26.0 Å². The minimum atomic E-state index is -0.412. The van der Waals surface area contributed by atoms with Crippen LogP contribution in [0.5, 0.6) is 0 Å². The number of halogens is 1. The number of nitrogens with two attached hydrogens (primary N) is 1. The molecular weight excluding hydrogens is 342 g/mol. The first-order valence-corrected chi connectivity index (χ1v) is 9.90. The molecule has 0 bridgehead atoms. The van der Waals surface area contributed by atoms with Crippen molar-refractivity contribution in [1.82, 2.24) is 0 Å². The summed E-state index contributed by atoms with van der Waals surface area (Å²) in [4.78, 5) is 11.4. The van der Waals surface area contributed by atoms with Gasteiger partial charge in [-0.2, -0.15) is 0 Å². The van der Waals surface area contributed by atoms with Crippen LogP contribution in [0.2, 0.25) is 5.02 Å². The SMILES string of the molecule is CC1(C)CCC(CCc2ccc(-c3cccc(C(N)=O)c3)cc2Cl)CC1. The maximum absolute atomic E-state index is 11.4. The van der Waals surface area contributed by atoms with Crippen LogP contribution in [-0.2, 0) is 6.42 Å². The number of carbonyl (C=O) groups is 1. The number of primary amides is 1. The van der Waals surface area contributed by atoms with Gasteiger partial charge in [-0.1, -0.05) is 49.7 Å². The van der Waals surface area contributed by atoms with E-state index in [1.807, 2.05) is 24.3 Å². The number of rotatable bonds is 5. The zero-order valence-corrected chi connectivity index (χ0v) is 16.5. The second-order valence-corrected chi connectivity index (χ2v) is 8.80. The number of carbonyl (C=O) groups excluding carboxylic acids is 1. The Morgan fingerprint density at radius 3 is 2.46 bits per heavy atom. The monoisotopic (exact) mass is 369 g/mol. The van der Waals surface area contributed by atoms with Crippen molar-refractivity contribution in [3.63, 3.8) is 0 Å². The molecule has 0 saturated heterocycles.